The van der Waals surface area contributed by atoms with E-state index in [-0.39, 0.29) is 0 Å². The molecular formula is C19H23N. The minimum atomic E-state index is 1.03. The van der Waals surface area contributed by atoms with E-state index in [0.29, 0.717) is 0 Å². The highest BCUT2D eigenvalue weighted by molar-refractivity contribution is 6.09. The maximum absolute atomic E-state index is 2.44. The summed E-state index contributed by atoms with van der Waals surface area (Å²) in [5, 5.41) is 2.89. The first-order valence-electron chi connectivity index (χ1n) is 7.85. The van der Waals surface area contributed by atoms with Crippen molar-refractivity contribution in [1.82, 2.24) is 4.57 Å². The Balaban J connectivity index is 2.22. The summed E-state index contributed by atoms with van der Waals surface area (Å²) in [7, 11) is 0. The predicted molar refractivity (Wildman–Crippen MR) is 88.3 cm³/mol. The van der Waals surface area contributed by atoms with Crippen LogP contribution in [0, 0.1) is 0 Å². The molecule has 20 heavy (non-hydrogen) atoms. The first-order valence-corrected chi connectivity index (χ1v) is 7.85. The number of aryl methyl sites for hydroxylation is 2. The van der Waals surface area contributed by atoms with Gasteiger partial charge < -0.3 is 4.57 Å². The fourth-order valence-corrected chi connectivity index (χ4v) is 3.29. The molecule has 1 heteroatoms. The van der Waals surface area contributed by atoms with Gasteiger partial charge >= 0.3 is 0 Å². The number of unbranched alkanes of at least 4 members (excludes halogenated alkanes) is 2. The highest BCUT2D eigenvalue weighted by Gasteiger charge is 2.11. The summed E-state index contributed by atoms with van der Waals surface area (Å²) in [6.45, 7) is 5.53. The van der Waals surface area contributed by atoms with Crippen molar-refractivity contribution in [2.24, 2.45) is 0 Å². The molecule has 0 saturated heterocycles. The number of aromatic nitrogens is 1. The van der Waals surface area contributed by atoms with E-state index in [1.807, 2.05) is 0 Å². The van der Waals surface area contributed by atoms with Crippen LogP contribution in [0.4, 0.5) is 0 Å². The number of para-hydroxylation sites is 1. The maximum Gasteiger partial charge on any atom is 0.0494 e. The summed E-state index contributed by atoms with van der Waals surface area (Å²) in [6, 6.07) is 15.6. The molecule has 0 aliphatic rings. The Morgan fingerprint density at radius 3 is 2.45 bits per heavy atom. The Morgan fingerprint density at radius 2 is 1.65 bits per heavy atom. The SMILES string of the molecule is CCCCCc1cccc2c1c1ccccc1n2CC. The molecule has 0 atom stereocenters. The van der Waals surface area contributed by atoms with Crippen molar-refractivity contribution in [2.75, 3.05) is 0 Å². The van der Waals surface area contributed by atoms with E-state index in [9.17, 15) is 0 Å². The summed E-state index contributed by atoms with van der Waals surface area (Å²) in [5.74, 6) is 0. The number of benzene rings is 2. The van der Waals surface area contributed by atoms with Crippen LogP contribution in [0.1, 0.15) is 38.7 Å². The second-order valence-electron chi connectivity index (χ2n) is 5.53. The molecule has 0 aliphatic heterocycles. The van der Waals surface area contributed by atoms with Crippen molar-refractivity contribution in [2.45, 2.75) is 46.1 Å². The molecular weight excluding hydrogens is 242 g/mol. The maximum atomic E-state index is 2.44. The third kappa shape index (κ3) is 2.11. The van der Waals surface area contributed by atoms with Crippen LogP contribution in [-0.2, 0) is 13.0 Å². The van der Waals surface area contributed by atoms with Crippen LogP contribution < -0.4 is 0 Å². The van der Waals surface area contributed by atoms with Crippen molar-refractivity contribution < 1.29 is 0 Å². The van der Waals surface area contributed by atoms with E-state index in [0.717, 1.165) is 6.54 Å². The molecule has 1 aromatic heterocycles. The van der Waals surface area contributed by atoms with Crippen LogP contribution in [-0.4, -0.2) is 4.57 Å². The first-order chi connectivity index (χ1) is 9.86. The standard InChI is InChI=1S/C19H23N/c1-3-5-6-10-15-11-9-14-18-19(15)16-12-7-8-13-17(16)20(18)4-2/h7-9,11-14H,3-6,10H2,1-2H3. The summed E-state index contributed by atoms with van der Waals surface area (Å²) in [4.78, 5) is 0. The lowest BCUT2D eigenvalue weighted by atomic mass is 10.0. The van der Waals surface area contributed by atoms with Gasteiger partial charge in [-0.05, 0) is 37.5 Å². The van der Waals surface area contributed by atoms with Crippen LogP contribution in [0.3, 0.4) is 0 Å². The Bertz CT molecular complexity index is 721. The van der Waals surface area contributed by atoms with Crippen LogP contribution in [0.25, 0.3) is 21.8 Å². The predicted octanol–water partition coefficient (Wildman–Crippen LogP) is 5.55. The Labute approximate surface area is 121 Å². The van der Waals surface area contributed by atoms with E-state index in [1.54, 1.807) is 0 Å². The zero-order valence-electron chi connectivity index (χ0n) is 12.5. The van der Waals surface area contributed by atoms with Gasteiger partial charge in [0.15, 0.2) is 0 Å². The van der Waals surface area contributed by atoms with Gasteiger partial charge in [-0.3, -0.25) is 0 Å². The lowest BCUT2D eigenvalue weighted by molar-refractivity contribution is 0.719. The number of nitrogens with zero attached hydrogens (tertiary/aromatic N) is 1. The molecule has 0 aliphatic carbocycles. The van der Waals surface area contributed by atoms with Crippen LogP contribution >= 0.6 is 0 Å². The third-order valence-corrected chi connectivity index (χ3v) is 4.25. The van der Waals surface area contributed by atoms with Gasteiger partial charge in [-0.1, -0.05) is 50.1 Å². The number of rotatable bonds is 5. The van der Waals surface area contributed by atoms with Crippen molar-refractivity contribution in [1.29, 1.82) is 0 Å². The third-order valence-electron chi connectivity index (χ3n) is 4.25. The molecule has 104 valence electrons. The molecule has 0 bridgehead atoms. The molecule has 0 N–H and O–H groups in total. The Hall–Kier alpha value is -1.76. The minimum absolute atomic E-state index is 1.03. The average Bonchev–Trinajstić information content (AvgIpc) is 2.82. The molecule has 0 radical (unpaired) electrons. The lowest BCUT2D eigenvalue weighted by Crippen LogP contribution is -1.93. The second-order valence-corrected chi connectivity index (χ2v) is 5.53. The second kappa shape index (κ2) is 5.70. The van der Waals surface area contributed by atoms with Gasteiger partial charge in [0.1, 0.15) is 0 Å². The van der Waals surface area contributed by atoms with Gasteiger partial charge in [0, 0.05) is 28.4 Å². The minimum Gasteiger partial charge on any atom is -0.341 e. The highest BCUT2D eigenvalue weighted by atomic mass is 15.0. The van der Waals surface area contributed by atoms with Crippen LogP contribution in [0.5, 0.6) is 0 Å². The summed E-state index contributed by atoms with van der Waals surface area (Å²) < 4.78 is 2.44. The van der Waals surface area contributed by atoms with Crippen LogP contribution in [0.2, 0.25) is 0 Å². The normalized spacial score (nSPS) is 11.5. The highest BCUT2D eigenvalue weighted by Crippen LogP contribution is 2.32. The largest absolute Gasteiger partial charge is 0.341 e. The number of hydrogen-bond acceptors (Lipinski definition) is 0. The molecule has 0 amide bonds. The average molecular weight is 265 g/mol. The Morgan fingerprint density at radius 1 is 0.850 bits per heavy atom. The van der Waals surface area contributed by atoms with Crippen molar-refractivity contribution >= 4 is 21.8 Å². The van der Waals surface area contributed by atoms with Gasteiger partial charge in [-0.2, -0.15) is 0 Å². The van der Waals surface area contributed by atoms with E-state index >= 15 is 0 Å². The molecule has 0 saturated carbocycles. The van der Waals surface area contributed by atoms with Gasteiger partial charge in [0.25, 0.3) is 0 Å². The van der Waals surface area contributed by atoms with Crippen LogP contribution in [0.15, 0.2) is 42.5 Å². The molecule has 2 aromatic carbocycles. The van der Waals surface area contributed by atoms with Gasteiger partial charge in [0.2, 0.25) is 0 Å². The van der Waals surface area contributed by atoms with Gasteiger partial charge in [-0.15, -0.1) is 0 Å². The van der Waals surface area contributed by atoms with Crippen molar-refractivity contribution in [3.63, 3.8) is 0 Å². The molecule has 0 unspecified atom stereocenters. The molecule has 0 fully saturated rings. The molecule has 0 spiro atoms. The van der Waals surface area contributed by atoms with E-state index < -0.39 is 0 Å². The summed E-state index contributed by atoms with van der Waals surface area (Å²) >= 11 is 0. The number of hydrogen-bond donors (Lipinski definition) is 0. The first kappa shape index (κ1) is 13.2. The monoisotopic (exact) mass is 265 g/mol. The summed E-state index contributed by atoms with van der Waals surface area (Å²) in [5.41, 5.74) is 4.27. The number of fused-ring (bicyclic) bond motifs is 3. The molecule has 1 heterocycles. The fraction of sp³-hybridized carbons (Fsp3) is 0.368. The zero-order valence-corrected chi connectivity index (χ0v) is 12.5. The van der Waals surface area contributed by atoms with Crippen molar-refractivity contribution in [3.05, 3.63) is 48.0 Å². The van der Waals surface area contributed by atoms with E-state index in [1.165, 1.54) is 53.1 Å². The van der Waals surface area contributed by atoms with E-state index in [2.05, 4.69) is 60.9 Å². The van der Waals surface area contributed by atoms with Gasteiger partial charge in [0.05, 0.1) is 0 Å². The molecule has 1 nitrogen and oxygen atoms in total. The topological polar surface area (TPSA) is 4.93 Å². The van der Waals surface area contributed by atoms with E-state index in [4.69, 9.17) is 0 Å². The summed E-state index contributed by atoms with van der Waals surface area (Å²) in [6.07, 6.45) is 5.10. The van der Waals surface area contributed by atoms with Gasteiger partial charge in [-0.25, -0.2) is 0 Å². The molecule has 3 aromatic rings. The van der Waals surface area contributed by atoms with Crippen molar-refractivity contribution in [3.8, 4) is 0 Å². The molecule has 3 rings (SSSR count). The lowest BCUT2D eigenvalue weighted by Gasteiger charge is -2.05. The smallest absolute Gasteiger partial charge is 0.0494 e. The quantitative estimate of drug-likeness (QED) is 0.533. The fourth-order valence-electron chi connectivity index (χ4n) is 3.29. The zero-order chi connectivity index (χ0) is 13.9. The Kier molecular flexibility index (Phi) is 3.77.